The van der Waals surface area contributed by atoms with Crippen molar-refractivity contribution in [1.82, 2.24) is 0 Å². The van der Waals surface area contributed by atoms with Gasteiger partial charge in [-0.3, -0.25) is 4.79 Å². The van der Waals surface area contributed by atoms with Crippen LogP contribution < -0.4 is 10.2 Å². The first-order valence-electron chi connectivity index (χ1n) is 8.62. The molecule has 0 aliphatic rings. The number of carbonyl (C=O) groups excluding carboxylic acids is 1. The molecule has 140 valence electrons. The summed E-state index contributed by atoms with van der Waals surface area (Å²) in [5.74, 6) is -0.322. The van der Waals surface area contributed by atoms with Gasteiger partial charge in [-0.15, -0.1) is 0 Å². The molecule has 27 heavy (non-hydrogen) atoms. The van der Waals surface area contributed by atoms with Gasteiger partial charge in [0.15, 0.2) is 12.4 Å². The molecule has 6 heteroatoms. The summed E-state index contributed by atoms with van der Waals surface area (Å²) in [6.45, 7) is 3.65. The average molecular weight is 387 g/mol. The smallest absolute Gasteiger partial charge is 0.344 e. The number of hydrogen-bond acceptors (Lipinski definition) is 5. The minimum absolute atomic E-state index is 0.0398. The molecule has 0 spiro atoms. The van der Waals surface area contributed by atoms with E-state index in [-0.39, 0.29) is 23.5 Å². The van der Waals surface area contributed by atoms with Crippen molar-refractivity contribution < 1.29 is 18.7 Å². The zero-order valence-corrected chi connectivity index (χ0v) is 15.8. The van der Waals surface area contributed by atoms with E-state index in [2.05, 4.69) is 0 Å². The van der Waals surface area contributed by atoms with Crippen LogP contribution in [0.3, 0.4) is 0 Å². The molecule has 2 aromatic carbocycles. The molecule has 0 bridgehead atoms. The Morgan fingerprint density at radius 2 is 1.93 bits per heavy atom. The molecule has 0 atom stereocenters. The summed E-state index contributed by atoms with van der Waals surface area (Å²) in [6, 6.07) is 12.4. The van der Waals surface area contributed by atoms with E-state index in [0.29, 0.717) is 34.6 Å². The van der Waals surface area contributed by atoms with Crippen LogP contribution in [0.1, 0.15) is 18.9 Å². The Morgan fingerprint density at radius 3 is 2.63 bits per heavy atom. The summed E-state index contributed by atoms with van der Waals surface area (Å²) >= 11 is 6.16. The molecule has 0 radical (unpaired) electrons. The quantitative estimate of drug-likeness (QED) is 0.572. The van der Waals surface area contributed by atoms with Crippen molar-refractivity contribution >= 4 is 28.5 Å². The number of rotatable bonds is 6. The second-order valence-electron chi connectivity index (χ2n) is 6.06. The second-order valence-corrected chi connectivity index (χ2v) is 6.47. The first-order valence-corrected chi connectivity index (χ1v) is 9.00. The minimum Gasteiger partial charge on any atom is -0.474 e. The topological polar surface area (TPSA) is 65.7 Å². The summed E-state index contributed by atoms with van der Waals surface area (Å²) in [7, 11) is 0. The maximum absolute atomic E-state index is 13.0. The Labute approximate surface area is 161 Å². The zero-order chi connectivity index (χ0) is 19.4. The normalized spacial score (nSPS) is 10.8. The highest BCUT2D eigenvalue weighted by molar-refractivity contribution is 6.32. The molecule has 0 unspecified atom stereocenters. The first-order chi connectivity index (χ1) is 13.0. The van der Waals surface area contributed by atoms with Crippen molar-refractivity contribution in [1.29, 1.82) is 0 Å². The van der Waals surface area contributed by atoms with E-state index in [9.17, 15) is 9.59 Å². The fraction of sp³-hybridized carbons (Fsp3) is 0.238. The molecule has 0 fully saturated rings. The highest BCUT2D eigenvalue weighted by Gasteiger charge is 2.19. The van der Waals surface area contributed by atoms with Crippen LogP contribution >= 0.6 is 11.6 Å². The van der Waals surface area contributed by atoms with Gasteiger partial charge in [0.05, 0.1) is 12.0 Å². The maximum Gasteiger partial charge on any atom is 0.344 e. The van der Waals surface area contributed by atoms with Gasteiger partial charge in [0, 0.05) is 10.6 Å². The van der Waals surface area contributed by atoms with E-state index in [1.807, 2.05) is 32.0 Å². The molecule has 3 rings (SSSR count). The van der Waals surface area contributed by atoms with Gasteiger partial charge in [-0.2, -0.15) is 0 Å². The molecule has 0 N–H and O–H groups in total. The Hall–Kier alpha value is -2.79. The van der Waals surface area contributed by atoms with Crippen molar-refractivity contribution in [2.45, 2.75) is 20.3 Å². The second kappa shape index (κ2) is 8.27. The van der Waals surface area contributed by atoms with Crippen molar-refractivity contribution in [2.75, 3.05) is 13.2 Å². The molecule has 0 aliphatic carbocycles. The Morgan fingerprint density at radius 1 is 1.19 bits per heavy atom. The average Bonchev–Trinajstić information content (AvgIpc) is 2.67. The predicted molar refractivity (Wildman–Crippen MR) is 104 cm³/mol. The highest BCUT2D eigenvalue weighted by atomic mass is 35.5. The standard InChI is InChI=1S/C21H19ClO5/c1-3-9-25-18(23)12-26-21-19(24)15-11-16(22)13(2)10-17(15)27-20(21)14-7-5-4-6-8-14/h4-8,10-11H,3,9,12H2,1-2H3. The summed E-state index contributed by atoms with van der Waals surface area (Å²) < 4.78 is 16.5. The molecule has 1 aromatic heterocycles. The summed E-state index contributed by atoms with van der Waals surface area (Å²) in [4.78, 5) is 24.8. The van der Waals surface area contributed by atoms with Gasteiger partial charge >= 0.3 is 5.97 Å². The molecule has 3 aromatic rings. The molecular formula is C21H19ClO5. The number of fused-ring (bicyclic) bond motifs is 1. The van der Waals surface area contributed by atoms with Crippen LogP contribution in [0.4, 0.5) is 0 Å². The maximum atomic E-state index is 13.0. The molecule has 1 heterocycles. The summed E-state index contributed by atoms with van der Waals surface area (Å²) in [5.41, 5.74) is 1.48. The van der Waals surface area contributed by atoms with Gasteiger partial charge in [0.25, 0.3) is 0 Å². The lowest BCUT2D eigenvalue weighted by molar-refractivity contribution is -0.146. The third-order valence-corrected chi connectivity index (χ3v) is 4.37. The minimum atomic E-state index is -0.544. The third-order valence-electron chi connectivity index (χ3n) is 3.97. The van der Waals surface area contributed by atoms with Gasteiger partial charge in [-0.25, -0.2) is 4.79 Å². The van der Waals surface area contributed by atoms with Gasteiger partial charge in [-0.05, 0) is 31.0 Å². The largest absolute Gasteiger partial charge is 0.474 e. The molecule has 5 nitrogen and oxygen atoms in total. The SMILES string of the molecule is CCCOC(=O)COc1c(-c2ccccc2)oc2cc(C)c(Cl)cc2c1=O. The number of hydrogen-bond donors (Lipinski definition) is 0. The Balaban J connectivity index is 2.11. The van der Waals surface area contributed by atoms with E-state index in [0.717, 1.165) is 5.56 Å². The number of ether oxygens (including phenoxy) is 2. The highest BCUT2D eigenvalue weighted by Crippen LogP contribution is 2.32. The lowest BCUT2D eigenvalue weighted by atomic mass is 10.1. The van der Waals surface area contributed by atoms with E-state index < -0.39 is 5.97 Å². The zero-order valence-electron chi connectivity index (χ0n) is 15.1. The lowest BCUT2D eigenvalue weighted by Crippen LogP contribution is -2.19. The number of halogens is 1. The summed E-state index contributed by atoms with van der Waals surface area (Å²) in [6.07, 6.45) is 0.705. The van der Waals surface area contributed by atoms with Gasteiger partial charge in [0.1, 0.15) is 5.58 Å². The van der Waals surface area contributed by atoms with E-state index in [1.165, 1.54) is 0 Å². The number of benzene rings is 2. The molecular weight excluding hydrogens is 368 g/mol. The van der Waals surface area contributed by atoms with Gasteiger partial charge in [0.2, 0.25) is 11.2 Å². The van der Waals surface area contributed by atoms with Crippen molar-refractivity contribution in [3.63, 3.8) is 0 Å². The predicted octanol–water partition coefficient (Wildman–Crippen LogP) is 4.75. The van der Waals surface area contributed by atoms with Crippen molar-refractivity contribution in [3.05, 3.63) is 63.3 Å². The lowest BCUT2D eigenvalue weighted by Gasteiger charge is -2.12. The number of aryl methyl sites for hydroxylation is 1. The molecule has 0 aliphatic heterocycles. The van der Waals surface area contributed by atoms with Crippen LogP contribution in [0.25, 0.3) is 22.3 Å². The van der Waals surface area contributed by atoms with Gasteiger partial charge in [-0.1, -0.05) is 48.9 Å². The van der Waals surface area contributed by atoms with Crippen molar-refractivity contribution in [3.8, 4) is 17.1 Å². The molecule has 0 amide bonds. The van der Waals surface area contributed by atoms with E-state index >= 15 is 0 Å². The third kappa shape index (κ3) is 4.14. The Kier molecular flexibility index (Phi) is 5.81. The van der Waals surface area contributed by atoms with Crippen LogP contribution in [0, 0.1) is 6.92 Å². The molecule has 0 saturated heterocycles. The van der Waals surface area contributed by atoms with Crippen LogP contribution in [-0.4, -0.2) is 19.2 Å². The van der Waals surface area contributed by atoms with Gasteiger partial charge < -0.3 is 13.9 Å². The van der Waals surface area contributed by atoms with Crippen LogP contribution in [0.5, 0.6) is 5.75 Å². The Bertz CT molecular complexity index is 1020. The van der Waals surface area contributed by atoms with Crippen LogP contribution in [0.2, 0.25) is 5.02 Å². The number of carbonyl (C=O) groups is 1. The fourth-order valence-corrected chi connectivity index (χ4v) is 2.76. The van der Waals surface area contributed by atoms with E-state index in [1.54, 1.807) is 24.3 Å². The number of esters is 1. The van der Waals surface area contributed by atoms with Crippen molar-refractivity contribution in [2.24, 2.45) is 0 Å². The monoisotopic (exact) mass is 386 g/mol. The molecule has 0 saturated carbocycles. The van der Waals surface area contributed by atoms with Crippen LogP contribution in [-0.2, 0) is 9.53 Å². The van der Waals surface area contributed by atoms with Crippen LogP contribution in [0.15, 0.2) is 51.7 Å². The first kappa shape index (κ1) is 19.0. The van der Waals surface area contributed by atoms with E-state index in [4.69, 9.17) is 25.5 Å². The summed E-state index contributed by atoms with van der Waals surface area (Å²) in [5, 5.41) is 0.748. The fourth-order valence-electron chi connectivity index (χ4n) is 2.60.